The number of nitrogens with zero attached hydrogens (tertiary/aromatic N) is 2. The minimum Gasteiger partial charge on any atom is -0.330 e. The van der Waals surface area contributed by atoms with Crippen LogP contribution in [0.3, 0.4) is 0 Å². The average Bonchev–Trinajstić information content (AvgIpc) is 2.95. The monoisotopic (exact) mass is 301 g/mol. The van der Waals surface area contributed by atoms with E-state index in [1.54, 1.807) is 0 Å². The molecule has 0 atom stereocenters. The Morgan fingerprint density at radius 2 is 1.78 bits per heavy atom. The summed E-state index contributed by atoms with van der Waals surface area (Å²) in [6.07, 6.45) is 0.814. The highest BCUT2D eigenvalue weighted by molar-refractivity contribution is 5.87. The van der Waals surface area contributed by atoms with Crippen LogP contribution < -0.4 is 5.73 Å². The summed E-state index contributed by atoms with van der Waals surface area (Å²) < 4.78 is 2.22. The lowest BCUT2D eigenvalue weighted by Crippen LogP contribution is -2.07. The van der Waals surface area contributed by atoms with Crippen LogP contribution in [0.15, 0.2) is 60.7 Å². The summed E-state index contributed by atoms with van der Waals surface area (Å²) in [5.41, 5.74) is 11.4. The van der Waals surface area contributed by atoms with Gasteiger partial charge in [0, 0.05) is 17.7 Å². The minimum absolute atomic E-state index is 0.614. The number of rotatable bonds is 3. The van der Waals surface area contributed by atoms with Crippen LogP contribution >= 0.6 is 0 Å². The number of nitrogens with two attached hydrogens (primary N) is 1. The Morgan fingerprint density at radius 3 is 2.61 bits per heavy atom. The highest BCUT2D eigenvalue weighted by Gasteiger charge is 2.14. The number of hydrogen-bond acceptors (Lipinski definition) is 2. The Kier molecular flexibility index (Phi) is 3.36. The third-order valence-corrected chi connectivity index (χ3v) is 4.34. The van der Waals surface area contributed by atoms with Crippen LogP contribution in [0.4, 0.5) is 0 Å². The molecular formula is C20H19N3. The lowest BCUT2D eigenvalue weighted by molar-refractivity contribution is 0.892. The molecule has 0 saturated heterocycles. The van der Waals surface area contributed by atoms with Crippen molar-refractivity contribution in [3.8, 4) is 11.3 Å². The summed E-state index contributed by atoms with van der Waals surface area (Å²) in [5, 5.41) is 2.48. The zero-order valence-electron chi connectivity index (χ0n) is 13.2. The third kappa shape index (κ3) is 2.30. The van der Waals surface area contributed by atoms with Gasteiger partial charge in [-0.05, 0) is 42.4 Å². The fourth-order valence-electron chi connectivity index (χ4n) is 3.26. The molecule has 4 aromatic rings. The van der Waals surface area contributed by atoms with E-state index in [0.29, 0.717) is 6.54 Å². The summed E-state index contributed by atoms with van der Waals surface area (Å²) in [4.78, 5) is 4.88. The summed E-state index contributed by atoms with van der Waals surface area (Å²) in [7, 11) is 0. The Hall–Kier alpha value is -2.65. The molecule has 2 aromatic heterocycles. The number of benzene rings is 2. The highest BCUT2D eigenvalue weighted by atomic mass is 15.0. The van der Waals surface area contributed by atoms with Gasteiger partial charge in [0.25, 0.3) is 0 Å². The smallest absolute Gasteiger partial charge is 0.137 e. The van der Waals surface area contributed by atoms with Gasteiger partial charge in [0.2, 0.25) is 0 Å². The van der Waals surface area contributed by atoms with Gasteiger partial charge < -0.3 is 10.1 Å². The second-order valence-corrected chi connectivity index (χ2v) is 5.87. The topological polar surface area (TPSA) is 43.3 Å². The number of aryl methyl sites for hydroxylation is 1. The van der Waals surface area contributed by atoms with Crippen molar-refractivity contribution in [1.29, 1.82) is 0 Å². The van der Waals surface area contributed by atoms with Crippen molar-refractivity contribution in [2.45, 2.75) is 13.3 Å². The van der Waals surface area contributed by atoms with Crippen LogP contribution in [-0.2, 0) is 6.42 Å². The normalized spacial score (nSPS) is 11.4. The minimum atomic E-state index is 0.614. The van der Waals surface area contributed by atoms with Gasteiger partial charge in [-0.3, -0.25) is 0 Å². The Labute approximate surface area is 135 Å². The maximum Gasteiger partial charge on any atom is 0.137 e. The number of pyridine rings is 1. The van der Waals surface area contributed by atoms with E-state index in [1.165, 1.54) is 22.2 Å². The highest BCUT2D eigenvalue weighted by Crippen LogP contribution is 2.28. The molecule has 0 radical (unpaired) electrons. The summed E-state index contributed by atoms with van der Waals surface area (Å²) in [6, 6.07) is 21.2. The summed E-state index contributed by atoms with van der Waals surface area (Å²) >= 11 is 0. The molecule has 0 amide bonds. The zero-order valence-corrected chi connectivity index (χ0v) is 13.2. The van der Waals surface area contributed by atoms with Gasteiger partial charge >= 0.3 is 0 Å². The predicted molar refractivity (Wildman–Crippen MR) is 95.6 cm³/mol. The van der Waals surface area contributed by atoms with Gasteiger partial charge in [-0.15, -0.1) is 0 Å². The maximum absolute atomic E-state index is 5.86. The molecule has 0 unspecified atom stereocenters. The van der Waals surface area contributed by atoms with E-state index < -0.39 is 0 Å². The maximum atomic E-state index is 5.86. The molecule has 0 aliphatic heterocycles. The van der Waals surface area contributed by atoms with Crippen LogP contribution in [0.5, 0.6) is 0 Å². The molecule has 2 heterocycles. The quantitative estimate of drug-likeness (QED) is 0.622. The molecule has 23 heavy (non-hydrogen) atoms. The van der Waals surface area contributed by atoms with Crippen LogP contribution in [0, 0.1) is 6.92 Å². The van der Waals surface area contributed by atoms with E-state index in [2.05, 4.69) is 65.9 Å². The van der Waals surface area contributed by atoms with Crippen molar-refractivity contribution in [3.63, 3.8) is 0 Å². The van der Waals surface area contributed by atoms with Crippen molar-refractivity contribution in [3.05, 3.63) is 72.1 Å². The lowest BCUT2D eigenvalue weighted by Gasteiger charge is -2.07. The molecule has 0 aliphatic rings. The zero-order chi connectivity index (χ0) is 15.8. The fourth-order valence-corrected chi connectivity index (χ4v) is 3.26. The first-order chi connectivity index (χ1) is 11.3. The van der Waals surface area contributed by atoms with Gasteiger partial charge in [0.1, 0.15) is 5.65 Å². The number of hydrogen-bond donors (Lipinski definition) is 1. The van der Waals surface area contributed by atoms with E-state index in [4.69, 9.17) is 10.7 Å². The molecule has 0 saturated carbocycles. The van der Waals surface area contributed by atoms with Crippen molar-refractivity contribution < 1.29 is 0 Å². The molecule has 0 bridgehead atoms. The first kappa shape index (κ1) is 14.0. The number of imidazole rings is 1. The molecular weight excluding hydrogens is 282 g/mol. The average molecular weight is 301 g/mol. The van der Waals surface area contributed by atoms with Crippen molar-refractivity contribution in [2.75, 3.05) is 6.54 Å². The Balaban J connectivity index is 1.99. The van der Waals surface area contributed by atoms with Crippen LogP contribution in [0.1, 0.15) is 11.4 Å². The Morgan fingerprint density at radius 1 is 0.957 bits per heavy atom. The van der Waals surface area contributed by atoms with Gasteiger partial charge in [-0.2, -0.15) is 0 Å². The molecule has 114 valence electrons. The molecule has 0 fully saturated rings. The summed E-state index contributed by atoms with van der Waals surface area (Å²) in [5.74, 6) is 0. The molecule has 2 N–H and O–H groups in total. The van der Waals surface area contributed by atoms with E-state index in [9.17, 15) is 0 Å². The molecule has 3 heteroatoms. The molecule has 0 aliphatic carbocycles. The van der Waals surface area contributed by atoms with Gasteiger partial charge in [-0.25, -0.2) is 4.98 Å². The molecule has 2 aromatic carbocycles. The van der Waals surface area contributed by atoms with Crippen LogP contribution in [0.25, 0.3) is 27.7 Å². The molecule has 0 spiro atoms. The third-order valence-electron chi connectivity index (χ3n) is 4.34. The van der Waals surface area contributed by atoms with Crippen molar-refractivity contribution in [1.82, 2.24) is 9.38 Å². The van der Waals surface area contributed by atoms with Gasteiger partial charge in [-0.1, -0.05) is 42.5 Å². The molecule has 3 nitrogen and oxygen atoms in total. The molecule has 4 rings (SSSR count). The van der Waals surface area contributed by atoms with Crippen molar-refractivity contribution in [2.24, 2.45) is 5.73 Å². The van der Waals surface area contributed by atoms with Crippen molar-refractivity contribution >= 4 is 16.4 Å². The van der Waals surface area contributed by atoms with Gasteiger partial charge in [0.15, 0.2) is 0 Å². The number of fused-ring (bicyclic) bond motifs is 2. The predicted octanol–water partition coefficient (Wildman–Crippen LogP) is 3.96. The van der Waals surface area contributed by atoms with E-state index >= 15 is 0 Å². The standard InChI is InChI=1S/C20H19N3/c1-14-5-4-8-19-22-20(18(11-12-21)23(14)19)17-10-9-15-6-2-3-7-16(15)13-17/h2-10,13H,11-12,21H2,1H3. The van der Waals surface area contributed by atoms with Crippen LogP contribution in [-0.4, -0.2) is 15.9 Å². The first-order valence-electron chi connectivity index (χ1n) is 7.94. The first-order valence-corrected chi connectivity index (χ1v) is 7.94. The lowest BCUT2D eigenvalue weighted by atomic mass is 10.0. The fraction of sp³-hybridized carbons (Fsp3) is 0.150. The Bertz CT molecular complexity index is 998. The second kappa shape index (κ2) is 5.52. The van der Waals surface area contributed by atoms with Crippen LogP contribution in [0.2, 0.25) is 0 Å². The largest absolute Gasteiger partial charge is 0.330 e. The summed E-state index contributed by atoms with van der Waals surface area (Å²) in [6.45, 7) is 2.72. The van der Waals surface area contributed by atoms with Gasteiger partial charge in [0.05, 0.1) is 11.4 Å². The number of aromatic nitrogens is 2. The van der Waals surface area contributed by atoms with E-state index in [-0.39, 0.29) is 0 Å². The van der Waals surface area contributed by atoms with E-state index in [0.717, 1.165) is 23.3 Å². The SMILES string of the molecule is Cc1cccc2nc(-c3ccc4ccccc4c3)c(CCN)n12. The second-order valence-electron chi connectivity index (χ2n) is 5.87. The van der Waals surface area contributed by atoms with E-state index in [1.807, 2.05) is 6.07 Å².